The third-order valence-corrected chi connectivity index (χ3v) is 5.07. The third kappa shape index (κ3) is 5.14. The molecule has 2 nitrogen and oxygen atoms in total. The van der Waals surface area contributed by atoms with Crippen molar-refractivity contribution in [3.8, 4) is 11.1 Å². The SMILES string of the molecule is CCCCOCC1CCC(c2cc(F)c(-c3cc(F)c(F)c(F)c3)c(F)c2)OC1. The average Bonchev–Trinajstić information content (AvgIpc) is 2.69. The molecule has 2 aromatic carbocycles. The van der Waals surface area contributed by atoms with E-state index in [1.807, 2.05) is 0 Å². The van der Waals surface area contributed by atoms with Crippen LogP contribution in [0.5, 0.6) is 0 Å². The molecule has 2 aromatic rings. The maximum Gasteiger partial charge on any atom is 0.194 e. The van der Waals surface area contributed by atoms with E-state index in [2.05, 4.69) is 6.92 Å². The van der Waals surface area contributed by atoms with Crippen molar-refractivity contribution < 1.29 is 31.4 Å². The molecule has 1 fully saturated rings. The second kappa shape index (κ2) is 9.67. The number of unbranched alkanes of at least 4 members (excludes halogenated alkanes) is 1. The van der Waals surface area contributed by atoms with Gasteiger partial charge in [-0.2, -0.15) is 0 Å². The Balaban J connectivity index is 1.71. The summed E-state index contributed by atoms with van der Waals surface area (Å²) in [6, 6.07) is 3.33. The predicted molar refractivity (Wildman–Crippen MR) is 98.8 cm³/mol. The van der Waals surface area contributed by atoms with Crippen LogP contribution in [0.15, 0.2) is 24.3 Å². The van der Waals surface area contributed by atoms with Gasteiger partial charge in [0.1, 0.15) is 11.6 Å². The van der Waals surface area contributed by atoms with E-state index in [-0.39, 0.29) is 5.92 Å². The van der Waals surface area contributed by atoms with Gasteiger partial charge in [-0.1, -0.05) is 13.3 Å². The minimum Gasteiger partial charge on any atom is -0.381 e. The van der Waals surface area contributed by atoms with Gasteiger partial charge in [0.15, 0.2) is 17.5 Å². The van der Waals surface area contributed by atoms with Gasteiger partial charge in [-0.3, -0.25) is 0 Å². The molecular formula is C22H23F5O2. The minimum atomic E-state index is -1.69. The Hall–Kier alpha value is -1.99. The highest BCUT2D eigenvalue weighted by molar-refractivity contribution is 5.65. The first-order valence-corrected chi connectivity index (χ1v) is 9.73. The number of ether oxygens (including phenoxy) is 2. The van der Waals surface area contributed by atoms with Crippen LogP contribution in [0.2, 0.25) is 0 Å². The van der Waals surface area contributed by atoms with Crippen molar-refractivity contribution in [1.29, 1.82) is 0 Å². The summed E-state index contributed by atoms with van der Waals surface area (Å²) in [7, 11) is 0. The molecule has 2 unspecified atom stereocenters. The van der Waals surface area contributed by atoms with Gasteiger partial charge in [0, 0.05) is 12.5 Å². The average molecular weight is 414 g/mol. The highest BCUT2D eigenvalue weighted by atomic mass is 19.2. The van der Waals surface area contributed by atoms with E-state index in [1.165, 1.54) is 0 Å². The van der Waals surface area contributed by atoms with Crippen molar-refractivity contribution in [1.82, 2.24) is 0 Å². The molecule has 0 radical (unpaired) electrons. The van der Waals surface area contributed by atoms with E-state index in [1.54, 1.807) is 0 Å². The molecule has 1 heterocycles. The van der Waals surface area contributed by atoms with Crippen LogP contribution in [0.4, 0.5) is 22.0 Å². The fraction of sp³-hybridized carbons (Fsp3) is 0.455. The van der Waals surface area contributed by atoms with Gasteiger partial charge in [-0.25, -0.2) is 22.0 Å². The van der Waals surface area contributed by atoms with Crippen LogP contribution in [-0.2, 0) is 9.47 Å². The minimum absolute atomic E-state index is 0.238. The van der Waals surface area contributed by atoms with E-state index in [4.69, 9.17) is 9.47 Å². The summed E-state index contributed by atoms with van der Waals surface area (Å²) >= 11 is 0. The zero-order valence-corrected chi connectivity index (χ0v) is 16.1. The summed E-state index contributed by atoms with van der Waals surface area (Å²) in [5.41, 5.74) is -0.696. The normalized spacial score (nSPS) is 19.5. The molecule has 7 heteroatoms. The summed E-state index contributed by atoms with van der Waals surface area (Å²) in [5.74, 6) is -6.44. The zero-order valence-electron chi connectivity index (χ0n) is 16.1. The molecule has 158 valence electrons. The predicted octanol–water partition coefficient (Wildman–Crippen LogP) is 6.33. The van der Waals surface area contributed by atoms with Crippen LogP contribution in [0.1, 0.15) is 44.3 Å². The second-order valence-electron chi connectivity index (χ2n) is 7.31. The van der Waals surface area contributed by atoms with Crippen molar-refractivity contribution in [3.05, 3.63) is 58.9 Å². The molecule has 0 saturated carbocycles. The van der Waals surface area contributed by atoms with Gasteiger partial charge >= 0.3 is 0 Å². The first-order valence-electron chi connectivity index (χ1n) is 9.73. The maximum absolute atomic E-state index is 14.6. The Morgan fingerprint density at radius 2 is 1.59 bits per heavy atom. The fourth-order valence-electron chi connectivity index (χ4n) is 3.45. The summed E-state index contributed by atoms with van der Waals surface area (Å²) in [5, 5.41) is 0. The van der Waals surface area contributed by atoms with Crippen molar-refractivity contribution in [3.63, 3.8) is 0 Å². The van der Waals surface area contributed by atoms with Gasteiger partial charge < -0.3 is 9.47 Å². The highest BCUT2D eigenvalue weighted by Crippen LogP contribution is 2.35. The molecular weight excluding hydrogens is 391 g/mol. The van der Waals surface area contributed by atoms with Crippen LogP contribution in [0.25, 0.3) is 11.1 Å². The van der Waals surface area contributed by atoms with Gasteiger partial charge in [0.25, 0.3) is 0 Å². The second-order valence-corrected chi connectivity index (χ2v) is 7.31. The number of benzene rings is 2. The van der Waals surface area contributed by atoms with Gasteiger partial charge in [0.2, 0.25) is 0 Å². The van der Waals surface area contributed by atoms with Gasteiger partial charge in [0.05, 0.1) is 24.9 Å². The lowest BCUT2D eigenvalue weighted by Gasteiger charge is -2.29. The molecule has 1 saturated heterocycles. The zero-order chi connectivity index (χ0) is 21.0. The molecule has 0 N–H and O–H groups in total. The number of halogens is 5. The smallest absolute Gasteiger partial charge is 0.194 e. The monoisotopic (exact) mass is 414 g/mol. The van der Waals surface area contributed by atoms with E-state index < -0.39 is 46.3 Å². The highest BCUT2D eigenvalue weighted by Gasteiger charge is 2.26. The van der Waals surface area contributed by atoms with E-state index in [0.29, 0.717) is 43.9 Å². The molecule has 0 bridgehead atoms. The molecule has 0 aromatic heterocycles. The molecule has 1 aliphatic heterocycles. The Kier molecular flexibility index (Phi) is 7.24. The molecule has 0 spiro atoms. The van der Waals surface area contributed by atoms with Crippen LogP contribution in [0, 0.1) is 35.0 Å². The Bertz CT molecular complexity index is 801. The summed E-state index contributed by atoms with van der Waals surface area (Å²) in [4.78, 5) is 0. The topological polar surface area (TPSA) is 18.5 Å². The number of hydrogen-bond donors (Lipinski definition) is 0. The summed E-state index contributed by atoms with van der Waals surface area (Å²) in [6.07, 6.45) is 2.98. The summed E-state index contributed by atoms with van der Waals surface area (Å²) in [6.45, 7) is 3.81. The van der Waals surface area contributed by atoms with Gasteiger partial charge in [-0.05, 0) is 54.7 Å². The first kappa shape index (κ1) is 21.7. The first-order chi connectivity index (χ1) is 13.9. The molecule has 3 rings (SSSR count). The lowest BCUT2D eigenvalue weighted by Crippen LogP contribution is -2.24. The molecule has 29 heavy (non-hydrogen) atoms. The Labute approximate surface area is 166 Å². The number of rotatable bonds is 7. The standard InChI is InChI=1S/C22H23F5O2/c1-2-3-6-28-11-13-4-5-20(29-12-13)14-7-16(23)21(17(24)8-14)15-9-18(25)22(27)19(26)10-15/h7-10,13,20H,2-6,11-12H2,1H3. The number of hydrogen-bond acceptors (Lipinski definition) is 2. The fourth-order valence-corrected chi connectivity index (χ4v) is 3.45. The van der Waals surface area contributed by atoms with Crippen LogP contribution in [-0.4, -0.2) is 19.8 Å². The Morgan fingerprint density at radius 3 is 2.14 bits per heavy atom. The quantitative estimate of drug-likeness (QED) is 0.299. The maximum atomic E-state index is 14.6. The summed E-state index contributed by atoms with van der Waals surface area (Å²) < 4.78 is 80.5. The largest absolute Gasteiger partial charge is 0.381 e. The van der Waals surface area contributed by atoms with Crippen LogP contribution in [0.3, 0.4) is 0 Å². The Morgan fingerprint density at radius 1 is 0.931 bits per heavy atom. The van der Waals surface area contributed by atoms with Crippen LogP contribution >= 0.6 is 0 Å². The van der Waals surface area contributed by atoms with Crippen LogP contribution < -0.4 is 0 Å². The van der Waals surface area contributed by atoms with E-state index in [0.717, 1.165) is 31.4 Å². The molecule has 0 aliphatic carbocycles. The van der Waals surface area contributed by atoms with E-state index >= 15 is 0 Å². The lowest BCUT2D eigenvalue weighted by molar-refractivity contribution is -0.0438. The van der Waals surface area contributed by atoms with Crippen molar-refractivity contribution >= 4 is 0 Å². The van der Waals surface area contributed by atoms with Crippen molar-refractivity contribution in [2.24, 2.45) is 5.92 Å². The third-order valence-electron chi connectivity index (χ3n) is 5.07. The van der Waals surface area contributed by atoms with Gasteiger partial charge in [-0.15, -0.1) is 0 Å². The molecule has 1 aliphatic rings. The molecule has 0 amide bonds. The van der Waals surface area contributed by atoms with Crippen molar-refractivity contribution in [2.75, 3.05) is 19.8 Å². The van der Waals surface area contributed by atoms with Crippen molar-refractivity contribution in [2.45, 2.75) is 38.7 Å². The lowest BCUT2D eigenvalue weighted by atomic mass is 9.93. The molecule has 2 atom stereocenters. The van der Waals surface area contributed by atoms with E-state index in [9.17, 15) is 22.0 Å².